The molecule has 0 fully saturated rings. The van der Waals surface area contributed by atoms with Crippen LogP contribution in [0.4, 0.5) is 14.5 Å². The summed E-state index contributed by atoms with van der Waals surface area (Å²) in [5.74, 6) is -1.34. The van der Waals surface area contributed by atoms with Crippen molar-refractivity contribution >= 4 is 23.2 Å². The fourth-order valence-electron chi connectivity index (χ4n) is 1.25. The number of aryl methyl sites for hydroxylation is 2. The molecule has 1 amide bonds. The second-order valence-electron chi connectivity index (χ2n) is 3.23. The molecule has 0 radical (unpaired) electrons. The molecule has 2 nitrogen and oxygen atoms in total. The molecule has 0 unspecified atom stereocenters. The minimum atomic E-state index is -3.04. The Labute approximate surface area is 91.2 Å². The molecule has 5 heteroatoms. The first-order chi connectivity index (χ1) is 6.91. The van der Waals surface area contributed by atoms with Crippen LogP contribution in [0.15, 0.2) is 12.1 Å². The standard InChI is InChI=1S/C10H10ClF2NO/c1-5-3-6(2)8(7(11)4-5)14-10(15)9(12)13/h3-4,9H,1-2H3,(H,14,15). The van der Waals surface area contributed by atoms with Crippen LogP contribution in [-0.2, 0) is 4.79 Å². The molecule has 0 aliphatic heterocycles. The molecular weight excluding hydrogens is 224 g/mol. The van der Waals surface area contributed by atoms with Crippen LogP contribution in [0, 0.1) is 13.8 Å². The lowest BCUT2D eigenvalue weighted by Gasteiger charge is -2.10. The van der Waals surface area contributed by atoms with Gasteiger partial charge in [0.1, 0.15) is 0 Å². The highest BCUT2D eigenvalue weighted by atomic mass is 35.5. The van der Waals surface area contributed by atoms with Gasteiger partial charge in [-0.3, -0.25) is 4.79 Å². The van der Waals surface area contributed by atoms with Crippen molar-refractivity contribution in [1.82, 2.24) is 0 Å². The minimum Gasteiger partial charge on any atom is -0.320 e. The number of carbonyl (C=O) groups is 1. The molecule has 1 N–H and O–H groups in total. The first kappa shape index (κ1) is 11.9. The summed E-state index contributed by atoms with van der Waals surface area (Å²) in [6, 6.07) is 3.36. The van der Waals surface area contributed by atoms with Gasteiger partial charge in [0.25, 0.3) is 5.91 Å². The summed E-state index contributed by atoms with van der Waals surface area (Å²) >= 11 is 5.82. The number of rotatable bonds is 2. The van der Waals surface area contributed by atoms with Crippen LogP contribution in [0.1, 0.15) is 11.1 Å². The molecule has 0 aliphatic carbocycles. The summed E-state index contributed by atoms with van der Waals surface area (Å²) in [5.41, 5.74) is 1.81. The Bertz CT molecular complexity index is 370. The molecule has 1 aromatic carbocycles. The molecular formula is C10H10ClF2NO. The SMILES string of the molecule is Cc1cc(C)c(NC(=O)C(F)F)c(Cl)c1. The third kappa shape index (κ3) is 2.89. The van der Waals surface area contributed by atoms with Gasteiger partial charge in [-0.1, -0.05) is 17.7 Å². The van der Waals surface area contributed by atoms with Gasteiger partial charge >= 0.3 is 6.43 Å². The Morgan fingerprint density at radius 3 is 2.47 bits per heavy atom. The Hall–Kier alpha value is -1.16. The van der Waals surface area contributed by atoms with E-state index in [0.717, 1.165) is 5.56 Å². The van der Waals surface area contributed by atoms with E-state index < -0.39 is 12.3 Å². The normalized spacial score (nSPS) is 10.5. The molecule has 0 saturated heterocycles. The summed E-state index contributed by atoms with van der Waals surface area (Å²) in [6.07, 6.45) is -3.04. The fourth-order valence-corrected chi connectivity index (χ4v) is 1.62. The van der Waals surface area contributed by atoms with Gasteiger partial charge in [-0.25, -0.2) is 0 Å². The van der Waals surface area contributed by atoms with Crippen LogP contribution in [-0.4, -0.2) is 12.3 Å². The summed E-state index contributed by atoms with van der Waals surface area (Å²) in [7, 11) is 0. The zero-order valence-electron chi connectivity index (χ0n) is 8.27. The number of hydrogen-bond acceptors (Lipinski definition) is 1. The van der Waals surface area contributed by atoms with Crippen molar-refractivity contribution in [3.05, 3.63) is 28.3 Å². The quantitative estimate of drug-likeness (QED) is 0.835. The number of carbonyl (C=O) groups excluding carboxylic acids is 1. The molecule has 1 rings (SSSR count). The Morgan fingerprint density at radius 2 is 2.00 bits per heavy atom. The van der Waals surface area contributed by atoms with Gasteiger partial charge < -0.3 is 5.32 Å². The van der Waals surface area contributed by atoms with Gasteiger partial charge in [0.2, 0.25) is 0 Å². The molecule has 1 aromatic rings. The maximum absolute atomic E-state index is 12.0. The molecule has 0 spiro atoms. The molecule has 0 saturated carbocycles. The van der Waals surface area contributed by atoms with Crippen molar-refractivity contribution in [2.75, 3.05) is 5.32 Å². The zero-order chi connectivity index (χ0) is 11.6. The molecule has 0 aliphatic rings. The van der Waals surface area contributed by atoms with E-state index in [9.17, 15) is 13.6 Å². The summed E-state index contributed by atoms with van der Waals surface area (Å²) in [4.78, 5) is 10.8. The topological polar surface area (TPSA) is 29.1 Å². The second kappa shape index (κ2) is 4.57. The number of halogens is 3. The predicted molar refractivity (Wildman–Crippen MR) is 55.6 cm³/mol. The summed E-state index contributed by atoms with van der Waals surface area (Å²) in [5, 5.41) is 2.35. The molecule has 0 bridgehead atoms. The van der Waals surface area contributed by atoms with Crippen molar-refractivity contribution in [3.8, 4) is 0 Å². The third-order valence-corrected chi connectivity index (χ3v) is 2.18. The van der Waals surface area contributed by atoms with E-state index in [2.05, 4.69) is 5.32 Å². The predicted octanol–water partition coefficient (Wildman–Crippen LogP) is 3.16. The van der Waals surface area contributed by atoms with Crippen molar-refractivity contribution < 1.29 is 13.6 Å². The van der Waals surface area contributed by atoms with E-state index in [1.54, 1.807) is 19.1 Å². The largest absolute Gasteiger partial charge is 0.320 e. The first-order valence-corrected chi connectivity index (χ1v) is 4.65. The molecule has 15 heavy (non-hydrogen) atoms. The van der Waals surface area contributed by atoms with Gasteiger partial charge in [0, 0.05) is 0 Å². The summed E-state index contributed by atoms with van der Waals surface area (Å²) in [6.45, 7) is 3.53. The van der Waals surface area contributed by atoms with Gasteiger partial charge in [-0.2, -0.15) is 8.78 Å². The molecule has 0 aromatic heterocycles. The lowest BCUT2D eigenvalue weighted by atomic mass is 10.1. The van der Waals surface area contributed by atoms with E-state index in [-0.39, 0.29) is 10.7 Å². The lowest BCUT2D eigenvalue weighted by Crippen LogP contribution is -2.20. The smallest absolute Gasteiger partial charge is 0.315 e. The van der Waals surface area contributed by atoms with E-state index in [1.165, 1.54) is 0 Å². The fraction of sp³-hybridized carbons (Fsp3) is 0.300. The van der Waals surface area contributed by atoms with Crippen LogP contribution >= 0.6 is 11.6 Å². The van der Waals surface area contributed by atoms with Crippen LogP contribution in [0.5, 0.6) is 0 Å². The third-order valence-electron chi connectivity index (χ3n) is 1.88. The number of anilines is 1. The van der Waals surface area contributed by atoms with Crippen LogP contribution in [0.3, 0.4) is 0 Å². The molecule has 82 valence electrons. The van der Waals surface area contributed by atoms with E-state index in [0.29, 0.717) is 5.56 Å². The lowest BCUT2D eigenvalue weighted by molar-refractivity contribution is -0.126. The monoisotopic (exact) mass is 233 g/mol. The Morgan fingerprint density at radius 1 is 1.40 bits per heavy atom. The number of alkyl halides is 2. The molecule has 0 heterocycles. The first-order valence-electron chi connectivity index (χ1n) is 4.27. The van der Waals surface area contributed by atoms with Gasteiger partial charge in [0.15, 0.2) is 0 Å². The van der Waals surface area contributed by atoms with Crippen LogP contribution < -0.4 is 5.32 Å². The van der Waals surface area contributed by atoms with E-state index in [4.69, 9.17) is 11.6 Å². The highest BCUT2D eigenvalue weighted by Crippen LogP contribution is 2.27. The number of nitrogens with one attached hydrogen (secondary N) is 1. The van der Waals surface area contributed by atoms with Gasteiger partial charge in [-0.15, -0.1) is 0 Å². The van der Waals surface area contributed by atoms with Crippen LogP contribution in [0.25, 0.3) is 0 Å². The highest BCUT2D eigenvalue weighted by Gasteiger charge is 2.17. The Kier molecular flexibility index (Phi) is 3.63. The number of amides is 1. The van der Waals surface area contributed by atoms with Gasteiger partial charge in [-0.05, 0) is 31.0 Å². The van der Waals surface area contributed by atoms with Crippen LogP contribution in [0.2, 0.25) is 5.02 Å². The zero-order valence-corrected chi connectivity index (χ0v) is 9.03. The highest BCUT2D eigenvalue weighted by molar-refractivity contribution is 6.34. The average molecular weight is 234 g/mol. The maximum Gasteiger partial charge on any atom is 0.315 e. The van der Waals surface area contributed by atoms with Gasteiger partial charge in [0.05, 0.1) is 10.7 Å². The maximum atomic E-state index is 12.0. The van der Waals surface area contributed by atoms with Crippen molar-refractivity contribution in [2.24, 2.45) is 0 Å². The number of benzene rings is 1. The van der Waals surface area contributed by atoms with E-state index >= 15 is 0 Å². The number of hydrogen-bond donors (Lipinski definition) is 1. The van der Waals surface area contributed by atoms with E-state index in [1.807, 2.05) is 6.92 Å². The second-order valence-corrected chi connectivity index (χ2v) is 3.64. The Balaban J connectivity index is 3.00. The van der Waals surface area contributed by atoms with Crippen molar-refractivity contribution in [1.29, 1.82) is 0 Å². The minimum absolute atomic E-state index is 0.243. The molecule has 0 atom stereocenters. The summed E-state index contributed by atoms with van der Waals surface area (Å²) < 4.78 is 24.0. The van der Waals surface area contributed by atoms with Crippen molar-refractivity contribution in [2.45, 2.75) is 20.3 Å². The van der Waals surface area contributed by atoms with Crippen molar-refractivity contribution in [3.63, 3.8) is 0 Å². The average Bonchev–Trinajstić information content (AvgIpc) is 2.10.